The lowest BCUT2D eigenvalue weighted by Gasteiger charge is -2.21. The number of rotatable bonds is 9. The zero-order chi connectivity index (χ0) is 20.8. The molecule has 149 valence electrons. The van der Waals surface area contributed by atoms with Gasteiger partial charge in [-0.3, -0.25) is 28.9 Å². The van der Waals surface area contributed by atoms with Gasteiger partial charge in [0.2, 0.25) is 12.2 Å². The van der Waals surface area contributed by atoms with Crippen molar-refractivity contribution in [2.45, 2.75) is 44.9 Å². The maximum atomic E-state index is 12.6. The molecular formula is C20H23N2O5S. The number of nitrogens with one attached hydrogen (secondary N) is 1. The highest BCUT2D eigenvalue weighted by atomic mass is 32.2. The minimum absolute atomic E-state index is 0.00433. The summed E-state index contributed by atoms with van der Waals surface area (Å²) in [5.41, 5.74) is 0.667. The average Bonchev–Trinajstić information content (AvgIpc) is 2.88. The van der Waals surface area contributed by atoms with Gasteiger partial charge in [0.15, 0.2) is 5.12 Å². The van der Waals surface area contributed by atoms with E-state index in [2.05, 4.69) is 5.32 Å². The third kappa shape index (κ3) is 5.28. The van der Waals surface area contributed by atoms with Crippen molar-refractivity contribution >= 4 is 40.9 Å². The zero-order valence-electron chi connectivity index (χ0n) is 16.1. The van der Waals surface area contributed by atoms with E-state index in [4.69, 9.17) is 0 Å². The Morgan fingerprint density at radius 2 is 1.71 bits per heavy atom. The summed E-state index contributed by atoms with van der Waals surface area (Å²) in [5, 5.41) is 1.51. The number of benzene rings is 1. The molecule has 0 bridgehead atoms. The van der Waals surface area contributed by atoms with E-state index in [9.17, 15) is 24.0 Å². The molecule has 0 saturated carbocycles. The largest absolute Gasteiger partial charge is 0.345 e. The van der Waals surface area contributed by atoms with Crippen molar-refractivity contribution in [1.82, 2.24) is 10.2 Å². The highest BCUT2D eigenvalue weighted by molar-refractivity contribution is 8.14. The Labute approximate surface area is 168 Å². The molecule has 0 fully saturated rings. The van der Waals surface area contributed by atoms with Crippen LogP contribution in [0.3, 0.4) is 0 Å². The molecule has 7 nitrogen and oxygen atoms in total. The second kappa shape index (κ2) is 9.64. The van der Waals surface area contributed by atoms with Crippen molar-refractivity contribution in [3.8, 4) is 0 Å². The van der Waals surface area contributed by atoms with Crippen LogP contribution in [0.2, 0.25) is 0 Å². The van der Waals surface area contributed by atoms with Crippen LogP contribution >= 0.6 is 11.8 Å². The number of carbonyl (C=O) groups is 4. The van der Waals surface area contributed by atoms with Gasteiger partial charge in [-0.25, -0.2) is 0 Å². The summed E-state index contributed by atoms with van der Waals surface area (Å²) in [5.74, 6) is -1.12. The number of imide groups is 1. The van der Waals surface area contributed by atoms with E-state index in [0.717, 1.165) is 16.7 Å². The molecule has 8 heteroatoms. The number of nitrogens with zero attached hydrogens (tertiary/aromatic N) is 1. The summed E-state index contributed by atoms with van der Waals surface area (Å²) in [6.45, 7) is 5.18. The van der Waals surface area contributed by atoms with E-state index < -0.39 is 29.0 Å². The van der Waals surface area contributed by atoms with E-state index in [1.54, 1.807) is 30.6 Å². The normalized spacial score (nSPS) is 15.4. The lowest BCUT2D eigenvalue weighted by Crippen LogP contribution is -2.43. The van der Waals surface area contributed by atoms with Crippen molar-refractivity contribution in [2.75, 3.05) is 6.54 Å². The molecule has 28 heavy (non-hydrogen) atoms. The summed E-state index contributed by atoms with van der Waals surface area (Å²) in [4.78, 5) is 61.2. The molecule has 1 N–H and O–H groups in total. The summed E-state index contributed by atoms with van der Waals surface area (Å²) < 4.78 is 0. The highest BCUT2D eigenvalue weighted by Gasteiger charge is 2.36. The third-order valence-electron chi connectivity index (χ3n) is 4.26. The van der Waals surface area contributed by atoms with Gasteiger partial charge in [-0.05, 0) is 30.9 Å². The molecule has 1 radical (unpaired) electrons. The number of hydrogen-bond donors (Lipinski definition) is 1. The first-order valence-electron chi connectivity index (χ1n) is 9.05. The van der Waals surface area contributed by atoms with Crippen molar-refractivity contribution < 1.29 is 24.0 Å². The first-order chi connectivity index (χ1) is 13.2. The molecule has 0 aromatic heterocycles. The lowest BCUT2D eigenvalue weighted by atomic mass is 10.0. The maximum absolute atomic E-state index is 12.6. The number of fused-ring (bicyclic) bond motifs is 1. The summed E-state index contributed by atoms with van der Waals surface area (Å²) in [7, 11) is 0. The standard InChI is InChI=1S/C20H23N2O5S/c1-12(2)10-14(11-23)21-18(25)17(28-13(3)24)8-9-22-19(26)15-6-4-5-7-16(15)20(22)27/h4-7,12,14,17H,8-10H2,1-3H3,(H,21,25)/t14-,17?/m0/s1. The van der Waals surface area contributed by atoms with Crippen molar-refractivity contribution in [2.24, 2.45) is 5.92 Å². The summed E-state index contributed by atoms with van der Waals surface area (Å²) in [6, 6.07) is 5.77. The first-order valence-corrected chi connectivity index (χ1v) is 9.93. The number of amides is 3. The predicted molar refractivity (Wildman–Crippen MR) is 106 cm³/mol. The highest BCUT2D eigenvalue weighted by Crippen LogP contribution is 2.24. The molecular weight excluding hydrogens is 380 g/mol. The topological polar surface area (TPSA) is 101 Å². The van der Waals surface area contributed by atoms with Crippen LogP contribution in [0.1, 0.15) is 54.3 Å². The molecule has 2 rings (SSSR count). The number of hydrogen-bond acceptors (Lipinski definition) is 6. The van der Waals surface area contributed by atoms with Crippen LogP contribution in [0.4, 0.5) is 0 Å². The Balaban J connectivity index is 2.05. The molecule has 1 aliphatic rings. The fourth-order valence-corrected chi connectivity index (χ4v) is 3.80. The average molecular weight is 403 g/mol. The molecule has 1 aromatic carbocycles. The molecule has 0 aliphatic carbocycles. The van der Waals surface area contributed by atoms with E-state index in [1.165, 1.54) is 6.92 Å². The van der Waals surface area contributed by atoms with E-state index in [1.807, 2.05) is 13.8 Å². The Hall–Kier alpha value is -2.48. The SMILES string of the molecule is CC(=O)SC(CCN1C(=O)c2ccccc2C1=O)C(=O)N[C@H]([C]=O)CC(C)C. The smallest absolute Gasteiger partial charge is 0.261 e. The molecule has 1 aliphatic heterocycles. The van der Waals surface area contributed by atoms with Gasteiger partial charge >= 0.3 is 0 Å². The van der Waals surface area contributed by atoms with Crippen LogP contribution in [-0.2, 0) is 14.4 Å². The van der Waals surface area contributed by atoms with Crippen LogP contribution in [0.25, 0.3) is 0 Å². The van der Waals surface area contributed by atoms with Crippen molar-refractivity contribution in [1.29, 1.82) is 0 Å². The fraction of sp³-hybridized carbons (Fsp3) is 0.450. The quantitative estimate of drug-likeness (QED) is 0.633. The Morgan fingerprint density at radius 3 is 2.18 bits per heavy atom. The molecule has 3 amide bonds. The van der Waals surface area contributed by atoms with Crippen molar-refractivity contribution in [3.05, 3.63) is 35.4 Å². The Kier molecular flexibility index (Phi) is 7.51. The molecule has 0 spiro atoms. The van der Waals surface area contributed by atoms with Crippen LogP contribution in [0.5, 0.6) is 0 Å². The monoisotopic (exact) mass is 403 g/mol. The van der Waals surface area contributed by atoms with E-state index in [0.29, 0.717) is 17.5 Å². The molecule has 1 heterocycles. The van der Waals surface area contributed by atoms with Crippen LogP contribution in [0, 0.1) is 5.92 Å². The van der Waals surface area contributed by atoms with Gasteiger partial charge in [0, 0.05) is 13.5 Å². The van der Waals surface area contributed by atoms with Gasteiger partial charge in [0.25, 0.3) is 11.8 Å². The molecule has 0 saturated heterocycles. The molecule has 1 unspecified atom stereocenters. The van der Waals surface area contributed by atoms with Gasteiger partial charge in [-0.2, -0.15) is 0 Å². The van der Waals surface area contributed by atoms with Crippen LogP contribution < -0.4 is 5.32 Å². The summed E-state index contributed by atoms with van der Waals surface area (Å²) >= 11 is 0.819. The predicted octanol–water partition coefficient (Wildman–Crippen LogP) is 1.96. The van der Waals surface area contributed by atoms with Crippen LogP contribution in [-0.4, -0.2) is 51.9 Å². The van der Waals surface area contributed by atoms with Gasteiger partial charge in [0.1, 0.15) is 0 Å². The zero-order valence-corrected chi connectivity index (χ0v) is 16.9. The minimum atomic E-state index is -0.815. The number of carbonyl (C=O) groups excluding carboxylic acids is 5. The van der Waals surface area contributed by atoms with E-state index >= 15 is 0 Å². The molecule has 2 atom stereocenters. The Morgan fingerprint density at radius 1 is 1.14 bits per heavy atom. The maximum Gasteiger partial charge on any atom is 0.261 e. The minimum Gasteiger partial charge on any atom is -0.345 e. The van der Waals surface area contributed by atoms with Gasteiger partial charge in [-0.1, -0.05) is 37.7 Å². The first kappa shape index (κ1) is 21.8. The van der Waals surface area contributed by atoms with Crippen LogP contribution in [0.15, 0.2) is 24.3 Å². The number of thioether (sulfide) groups is 1. The second-order valence-corrected chi connectivity index (χ2v) is 8.38. The second-order valence-electron chi connectivity index (χ2n) is 7.00. The van der Waals surface area contributed by atoms with Gasteiger partial charge in [0.05, 0.1) is 22.4 Å². The molecule has 1 aromatic rings. The van der Waals surface area contributed by atoms with Gasteiger partial charge in [-0.15, -0.1) is 0 Å². The summed E-state index contributed by atoms with van der Waals surface area (Å²) in [6.07, 6.45) is 2.34. The third-order valence-corrected chi connectivity index (χ3v) is 5.33. The van der Waals surface area contributed by atoms with E-state index in [-0.39, 0.29) is 24.0 Å². The van der Waals surface area contributed by atoms with Crippen molar-refractivity contribution in [3.63, 3.8) is 0 Å². The Bertz CT molecular complexity index is 758. The van der Waals surface area contributed by atoms with Gasteiger partial charge < -0.3 is 5.32 Å². The fourth-order valence-electron chi connectivity index (χ4n) is 3.01. The lowest BCUT2D eigenvalue weighted by molar-refractivity contribution is -0.121.